The second-order valence-corrected chi connectivity index (χ2v) is 6.64. The van der Waals surface area contributed by atoms with Crippen LogP contribution < -0.4 is 10.6 Å². The number of likely N-dealkylation sites (N-methyl/N-ethyl adjacent to an activating group) is 1. The monoisotopic (exact) mass is 285 g/mol. The number of hydrogen-bond acceptors (Lipinski definition) is 4. The zero-order chi connectivity index (χ0) is 14.0. The Labute approximate surface area is 118 Å². The second kappa shape index (κ2) is 6.13. The summed E-state index contributed by atoms with van der Waals surface area (Å²) in [6.07, 6.45) is 2.87. The molecule has 0 aromatic rings. The van der Waals surface area contributed by atoms with Crippen molar-refractivity contribution >= 4 is 23.6 Å². The summed E-state index contributed by atoms with van der Waals surface area (Å²) in [6, 6.07) is -0.332. The maximum Gasteiger partial charge on any atom is 0.246 e. The van der Waals surface area contributed by atoms with Gasteiger partial charge in [0.15, 0.2) is 0 Å². The summed E-state index contributed by atoms with van der Waals surface area (Å²) in [5, 5.41) is 6.10. The van der Waals surface area contributed by atoms with Crippen LogP contribution in [0.25, 0.3) is 0 Å². The van der Waals surface area contributed by atoms with Gasteiger partial charge in [0, 0.05) is 6.04 Å². The molecule has 108 valence electrons. The van der Waals surface area contributed by atoms with Crippen LogP contribution in [0.2, 0.25) is 0 Å². The molecule has 5 nitrogen and oxygen atoms in total. The molecule has 0 bridgehead atoms. The minimum atomic E-state index is -0.360. The van der Waals surface area contributed by atoms with Crippen LogP contribution in [0, 0.1) is 0 Å². The third-order valence-electron chi connectivity index (χ3n) is 4.03. The standard InChI is InChI=1S/C13H23N3O2S/c1-8-4-5-11-16(8)13(18)10(6-7-19-11)15-12(17)9(2)14-3/h8-11,14H,4-7H2,1-3H3,(H,15,17)/t8?,9-,10-,11-/m0/s1. The summed E-state index contributed by atoms with van der Waals surface area (Å²) in [7, 11) is 1.74. The third kappa shape index (κ3) is 3.05. The second-order valence-electron chi connectivity index (χ2n) is 5.36. The zero-order valence-corrected chi connectivity index (χ0v) is 12.6. The Morgan fingerprint density at radius 1 is 1.42 bits per heavy atom. The molecule has 0 aromatic carbocycles. The number of hydrogen-bond donors (Lipinski definition) is 2. The first-order valence-electron chi connectivity index (χ1n) is 6.96. The SMILES string of the molecule is CN[C@@H](C)C(=O)N[C@H]1CCS[C@H]2CCC(C)N2C1=O. The number of thioether (sulfide) groups is 1. The average molecular weight is 285 g/mol. The Morgan fingerprint density at radius 3 is 2.84 bits per heavy atom. The molecule has 19 heavy (non-hydrogen) atoms. The van der Waals surface area contributed by atoms with Crippen LogP contribution in [-0.4, -0.2) is 53.0 Å². The number of nitrogens with one attached hydrogen (secondary N) is 2. The van der Waals surface area contributed by atoms with Crippen LogP contribution in [0.4, 0.5) is 0 Å². The molecule has 0 radical (unpaired) electrons. The van der Waals surface area contributed by atoms with Gasteiger partial charge in [0.05, 0.1) is 11.4 Å². The number of carbonyl (C=O) groups is 2. The van der Waals surface area contributed by atoms with Crippen molar-refractivity contribution in [2.45, 2.75) is 56.6 Å². The molecule has 0 saturated carbocycles. The average Bonchev–Trinajstić information content (AvgIpc) is 2.68. The Bertz CT molecular complexity index is 364. The lowest BCUT2D eigenvalue weighted by Gasteiger charge is -2.29. The Balaban J connectivity index is 2.04. The highest BCUT2D eigenvalue weighted by atomic mass is 32.2. The molecule has 2 rings (SSSR count). The molecule has 2 fully saturated rings. The number of nitrogens with zero attached hydrogens (tertiary/aromatic N) is 1. The first-order chi connectivity index (χ1) is 9.04. The van der Waals surface area contributed by atoms with Crippen molar-refractivity contribution < 1.29 is 9.59 Å². The van der Waals surface area contributed by atoms with Gasteiger partial charge in [-0.2, -0.15) is 0 Å². The van der Waals surface area contributed by atoms with Crippen molar-refractivity contribution in [1.29, 1.82) is 0 Å². The fourth-order valence-electron chi connectivity index (χ4n) is 2.66. The van der Waals surface area contributed by atoms with E-state index < -0.39 is 0 Å². The molecule has 0 aliphatic carbocycles. The Morgan fingerprint density at radius 2 is 2.16 bits per heavy atom. The molecular weight excluding hydrogens is 262 g/mol. The van der Waals surface area contributed by atoms with Gasteiger partial charge in [0.25, 0.3) is 0 Å². The van der Waals surface area contributed by atoms with Gasteiger partial charge in [-0.15, -0.1) is 11.8 Å². The summed E-state index contributed by atoms with van der Waals surface area (Å²) in [5.74, 6) is 0.922. The highest BCUT2D eigenvalue weighted by molar-refractivity contribution is 7.99. The van der Waals surface area contributed by atoms with Gasteiger partial charge >= 0.3 is 0 Å². The number of carbonyl (C=O) groups excluding carboxylic acids is 2. The van der Waals surface area contributed by atoms with Crippen molar-refractivity contribution in [3.8, 4) is 0 Å². The summed E-state index contributed by atoms with van der Waals surface area (Å²) in [5.41, 5.74) is 0. The van der Waals surface area contributed by atoms with Gasteiger partial charge < -0.3 is 15.5 Å². The molecule has 4 atom stereocenters. The lowest BCUT2D eigenvalue weighted by Crippen LogP contribution is -2.53. The topological polar surface area (TPSA) is 61.4 Å². The summed E-state index contributed by atoms with van der Waals surface area (Å²) >= 11 is 1.85. The molecule has 0 aromatic heterocycles. The van der Waals surface area contributed by atoms with Crippen LogP contribution in [0.1, 0.15) is 33.1 Å². The van der Waals surface area contributed by atoms with Crippen molar-refractivity contribution in [3.63, 3.8) is 0 Å². The van der Waals surface area contributed by atoms with Crippen LogP contribution in [0.5, 0.6) is 0 Å². The fraction of sp³-hybridized carbons (Fsp3) is 0.846. The molecule has 2 saturated heterocycles. The van der Waals surface area contributed by atoms with Crippen molar-refractivity contribution in [2.24, 2.45) is 0 Å². The molecule has 6 heteroatoms. The van der Waals surface area contributed by atoms with Gasteiger partial charge in [-0.3, -0.25) is 9.59 Å². The van der Waals surface area contributed by atoms with Crippen molar-refractivity contribution in [2.75, 3.05) is 12.8 Å². The Kier molecular flexibility index (Phi) is 4.73. The maximum atomic E-state index is 12.6. The molecule has 0 spiro atoms. The third-order valence-corrected chi connectivity index (χ3v) is 5.35. The molecule has 2 amide bonds. The van der Waals surface area contributed by atoms with E-state index in [0.717, 1.165) is 25.0 Å². The number of fused-ring (bicyclic) bond motifs is 1. The highest BCUT2D eigenvalue weighted by Crippen LogP contribution is 2.35. The quantitative estimate of drug-likeness (QED) is 0.795. The molecule has 2 heterocycles. The number of rotatable bonds is 3. The Hall–Kier alpha value is -0.750. The van der Waals surface area contributed by atoms with E-state index >= 15 is 0 Å². The van der Waals surface area contributed by atoms with E-state index in [1.54, 1.807) is 14.0 Å². The van der Waals surface area contributed by atoms with Crippen molar-refractivity contribution in [3.05, 3.63) is 0 Å². The highest BCUT2D eigenvalue weighted by Gasteiger charge is 2.40. The zero-order valence-electron chi connectivity index (χ0n) is 11.8. The maximum absolute atomic E-state index is 12.6. The van der Waals surface area contributed by atoms with Crippen LogP contribution in [0.3, 0.4) is 0 Å². The predicted octanol–water partition coefficient (Wildman–Crippen LogP) is 0.553. The minimum absolute atomic E-state index is 0.0941. The molecule has 1 unspecified atom stereocenters. The summed E-state index contributed by atoms with van der Waals surface area (Å²) in [4.78, 5) is 26.5. The van der Waals surface area contributed by atoms with Gasteiger partial charge in [0.1, 0.15) is 6.04 Å². The van der Waals surface area contributed by atoms with Crippen LogP contribution >= 0.6 is 11.8 Å². The van der Waals surface area contributed by atoms with Gasteiger partial charge in [-0.05, 0) is 45.9 Å². The van der Waals surface area contributed by atoms with E-state index in [9.17, 15) is 9.59 Å². The predicted molar refractivity (Wildman–Crippen MR) is 76.9 cm³/mol. The van der Waals surface area contributed by atoms with E-state index in [0.29, 0.717) is 11.4 Å². The van der Waals surface area contributed by atoms with E-state index in [2.05, 4.69) is 17.6 Å². The summed E-state index contributed by atoms with van der Waals surface area (Å²) in [6.45, 7) is 3.89. The van der Waals surface area contributed by atoms with Gasteiger partial charge in [-0.1, -0.05) is 0 Å². The fourth-order valence-corrected chi connectivity index (χ4v) is 4.07. The molecule has 2 aliphatic rings. The van der Waals surface area contributed by atoms with Crippen molar-refractivity contribution in [1.82, 2.24) is 15.5 Å². The van der Waals surface area contributed by atoms with E-state index in [1.165, 1.54) is 0 Å². The van der Waals surface area contributed by atoms with E-state index in [1.807, 2.05) is 16.7 Å². The first-order valence-corrected chi connectivity index (χ1v) is 8.01. The van der Waals surface area contributed by atoms with Gasteiger partial charge in [-0.25, -0.2) is 0 Å². The number of amides is 2. The minimum Gasteiger partial charge on any atom is -0.343 e. The van der Waals surface area contributed by atoms with E-state index in [4.69, 9.17) is 0 Å². The van der Waals surface area contributed by atoms with E-state index in [-0.39, 0.29) is 23.9 Å². The smallest absolute Gasteiger partial charge is 0.246 e. The molecule has 2 aliphatic heterocycles. The molecular formula is C13H23N3O2S. The van der Waals surface area contributed by atoms with Crippen LogP contribution in [0.15, 0.2) is 0 Å². The summed E-state index contributed by atoms with van der Waals surface area (Å²) < 4.78 is 0. The largest absolute Gasteiger partial charge is 0.343 e. The van der Waals surface area contributed by atoms with Gasteiger partial charge in [0.2, 0.25) is 11.8 Å². The lowest BCUT2D eigenvalue weighted by atomic mass is 10.1. The van der Waals surface area contributed by atoms with Crippen LogP contribution in [-0.2, 0) is 9.59 Å². The molecule has 2 N–H and O–H groups in total. The first kappa shape index (κ1) is 14.7. The lowest BCUT2D eigenvalue weighted by molar-refractivity contribution is -0.137. The normalized spacial score (nSPS) is 32.7.